The van der Waals surface area contributed by atoms with Crippen LogP contribution in [0.15, 0.2) is 65.6 Å². The minimum absolute atomic E-state index is 0.0505. The monoisotopic (exact) mass is 693 g/mol. The van der Waals surface area contributed by atoms with Crippen molar-refractivity contribution in [2.75, 3.05) is 0 Å². The van der Waals surface area contributed by atoms with Gasteiger partial charge in [-0.25, -0.2) is 13.1 Å². The van der Waals surface area contributed by atoms with Crippen molar-refractivity contribution in [2.24, 2.45) is 11.8 Å². The molecule has 7 atom stereocenters. The fourth-order valence-electron chi connectivity index (χ4n) is 9.28. The first kappa shape index (κ1) is 29.9. The molecule has 4 aliphatic carbocycles. The third-order valence-electron chi connectivity index (χ3n) is 11.1. The molecule has 0 radical (unpaired) electrons. The molecule has 3 saturated heterocycles. The topological polar surface area (TPSA) is 153 Å². The minimum atomic E-state index is -4.48. The molecular weight excluding hydrogens is 663 g/mol. The molecule has 0 spiro atoms. The van der Waals surface area contributed by atoms with Gasteiger partial charge in [0, 0.05) is 17.1 Å². The lowest BCUT2D eigenvalue weighted by atomic mass is 9.59. The van der Waals surface area contributed by atoms with Crippen molar-refractivity contribution in [1.82, 2.24) is 4.72 Å². The number of sulfonamides is 1. The molecule has 3 fully saturated rings. The van der Waals surface area contributed by atoms with Crippen LogP contribution < -0.4 is 9.46 Å². The highest BCUT2D eigenvalue weighted by atomic mass is 32.2. The Labute approximate surface area is 276 Å². The van der Waals surface area contributed by atoms with Crippen molar-refractivity contribution >= 4 is 43.8 Å². The summed E-state index contributed by atoms with van der Waals surface area (Å²) < 4.78 is 75.4. The Bertz CT molecular complexity index is 2050. The maximum Gasteiger partial charge on any atom is 0.317 e. The van der Waals surface area contributed by atoms with E-state index in [1.807, 2.05) is 24.3 Å². The number of carbonyl (C=O) groups is 2. The zero-order valence-corrected chi connectivity index (χ0v) is 27.4. The summed E-state index contributed by atoms with van der Waals surface area (Å²) >= 11 is 1.35. The molecular formula is C34H31NO9S3. The Morgan fingerprint density at radius 3 is 2.15 bits per heavy atom. The van der Waals surface area contributed by atoms with Crippen molar-refractivity contribution < 1.29 is 40.5 Å². The molecule has 13 heteroatoms. The number of esters is 2. The van der Waals surface area contributed by atoms with E-state index < -0.39 is 71.8 Å². The third kappa shape index (κ3) is 4.35. The van der Waals surface area contributed by atoms with E-state index in [2.05, 4.69) is 29.0 Å². The van der Waals surface area contributed by atoms with Gasteiger partial charge in [0.1, 0.15) is 17.1 Å². The predicted molar refractivity (Wildman–Crippen MR) is 171 cm³/mol. The van der Waals surface area contributed by atoms with Crippen molar-refractivity contribution in [3.63, 3.8) is 0 Å². The lowest BCUT2D eigenvalue weighted by Gasteiger charge is -2.45. The van der Waals surface area contributed by atoms with Gasteiger partial charge in [-0.2, -0.15) is 8.42 Å². The Balaban J connectivity index is 1.02. The number of ether oxygens (including phenoxy) is 2. The quantitative estimate of drug-likeness (QED) is 0.230. The largest absolute Gasteiger partial charge is 0.459 e. The Hall–Kier alpha value is -3.23. The Morgan fingerprint density at radius 2 is 1.49 bits per heavy atom. The summed E-state index contributed by atoms with van der Waals surface area (Å²) in [5.41, 5.74) is 5.60. The highest BCUT2D eigenvalue weighted by Crippen LogP contribution is 2.59. The molecule has 0 saturated carbocycles. The van der Waals surface area contributed by atoms with Gasteiger partial charge in [-0.05, 0) is 77.6 Å². The number of benzene rings is 3. The van der Waals surface area contributed by atoms with Gasteiger partial charge in [0.15, 0.2) is 0 Å². The number of hydrogen-bond donors (Lipinski definition) is 2. The molecule has 7 unspecified atom stereocenters. The molecule has 4 bridgehead atoms. The van der Waals surface area contributed by atoms with Gasteiger partial charge in [-0.1, -0.05) is 48.5 Å². The molecule has 3 heterocycles. The van der Waals surface area contributed by atoms with Crippen molar-refractivity contribution in [1.29, 1.82) is 0 Å². The fourth-order valence-corrected chi connectivity index (χ4v) is 14.8. The van der Waals surface area contributed by atoms with Crippen LogP contribution in [0.4, 0.5) is 0 Å². The summed E-state index contributed by atoms with van der Waals surface area (Å²) in [5, 5.41) is -2.16. The Kier molecular flexibility index (Phi) is 6.60. The summed E-state index contributed by atoms with van der Waals surface area (Å²) in [6, 6.07) is 18.3. The first-order valence-electron chi connectivity index (χ1n) is 15.9. The van der Waals surface area contributed by atoms with E-state index in [1.54, 1.807) is 0 Å². The normalized spacial score (nSPS) is 33.5. The molecule has 47 heavy (non-hydrogen) atoms. The zero-order valence-electron chi connectivity index (χ0n) is 24.9. The van der Waals surface area contributed by atoms with E-state index in [0.29, 0.717) is 30.4 Å². The van der Waals surface area contributed by atoms with Gasteiger partial charge in [-0.15, -0.1) is 11.8 Å². The van der Waals surface area contributed by atoms with Crippen LogP contribution in [0.1, 0.15) is 64.5 Å². The van der Waals surface area contributed by atoms with E-state index >= 15 is 0 Å². The first-order chi connectivity index (χ1) is 22.5. The first-order valence-corrected chi connectivity index (χ1v) is 19.8. The SMILES string of the molecule is O=C(OC1C2NS(=O)(=O)C3C2SC1C3C(=O)Oc1ccc(S(=O)(=O)O)c2c1CCCC2)C1CC2c3ccccc3C1c1ccccc12. The summed E-state index contributed by atoms with van der Waals surface area (Å²) in [5.74, 6) is -2.68. The minimum Gasteiger partial charge on any atom is -0.459 e. The van der Waals surface area contributed by atoms with Crippen LogP contribution >= 0.6 is 11.8 Å². The molecule has 0 aromatic heterocycles. The van der Waals surface area contributed by atoms with Crippen LogP contribution in [-0.2, 0) is 47.3 Å². The predicted octanol–water partition coefficient (Wildman–Crippen LogP) is 3.71. The Morgan fingerprint density at radius 1 is 0.851 bits per heavy atom. The van der Waals surface area contributed by atoms with Gasteiger partial charge in [0.25, 0.3) is 10.1 Å². The molecule has 10 nitrogen and oxygen atoms in total. The standard InChI is InChI=1S/C34H31NO9S3/c36-33(23-15-22-16-7-1-5-11-20(16)26(23)21-12-6-2-8-17(21)22)44-29-28-31-32(46(38,39)35-28)27(30(29)45-31)34(37)43-24-13-14-25(47(40,41)42)19-10-4-3-9-18(19)24/h1-2,5-8,11-14,22-23,26-32,35H,3-4,9-10,15H2,(H,40,41,42). The molecule has 2 N–H and O–H groups in total. The number of rotatable bonds is 5. The third-order valence-corrected chi connectivity index (χ3v) is 15.9. The molecule has 244 valence electrons. The number of hydrogen-bond acceptors (Lipinski definition) is 9. The van der Waals surface area contributed by atoms with E-state index in [1.165, 1.54) is 35.0 Å². The maximum atomic E-state index is 14.1. The molecule has 0 amide bonds. The molecule has 3 aromatic carbocycles. The van der Waals surface area contributed by atoms with Crippen LogP contribution in [0.2, 0.25) is 0 Å². The number of carbonyl (C=O) groups excluding carboxylic acids is 2. The van der Waals surface area contributed by atoms with Crippen molar-refractivity contribution in [3.8, 4) is 5.75 Å². The second kappa shape index (κ2) is 10.4. The highest BCUT2D eigenvalue weighted by Gasteiger charge is 2.72. The van der Waals surface area contributed by atoms with E-state index in [0.717, 1.165) is 24.0 Å². The van der Waals surface area contributed by atoms with Gasteiger partial charge in [0.2, 0.25) is 10.0 Å². The summed E-state index contributed by atoms with van der Waals surface area (Å²) in [6.07, 6.45) is 2.05. The summed E-state index contributed by atoms with van der Waals surface area (Å²) in [4.78, 5) is 27.8. The van der Waals surface area contributed by atoms with Gasteiger partial charge in [0.05, 0.1) is 28.0 Å². The van der Waals surface area contributed by atoms with Crippen LogP contribution in [0.5, 0.6) is 5.75 Å². The van der Waals surface area contributed by atoms with Crippen LogP contribution in [0.25, 0.3) is 0 Å². The van der Waals surface area contributed by atoms with E-state index in [9.17, 15) is 31.0 Å². The lowest BCUT2D eigenvalue weighted by molar-refractivity contribution is -0.159. The zero-order chi connectivity index (χ0) is 32.4. The van der Waals surface area contributed by atoms with Crippen molar-refractivity contribution in [2.45, 2.75) is 76.7 Å². The smallest absolute Gasteiger partial charge is 0.317 e. The number of fused-ring (bicyclic) bond motifs is 3. The second-order valence-electron chi connectivity index (χ2n) is 13.4. The fraction of sp³-hybridized carbons (Fsp3) is 0.412. The van der Waals surface area contributed by atoms with Crippen LogP contribution in [0, 0.1) is 11.8 Å². The number of nitrogens with one attached hydrogen (secondary N) is 1. The second-order valence-corrected chi connectivity index (χ2v) is 18.0. The number of thioether (sulfide) groups is 1. The molecule has 3 aromatic rings. The van der Waals surface area contributed by atoms with Gasteiger partial charge < -0.3 is 9.47 Å². The highest BCUT2D eigenvalue weighted by molar-refractivity contribution is 8.03. The van der Waals surface area contributed by atoms with Crippen molar-refractivity contribution in [3.05, 3.63) is 94.0 Å². The average molecular weight is 694 g/mol. The van der Waals surface area contributed by atoms with Crippen LogP contribution in [-0.4, -0.2) is 61.2 Å². The van der Waals surface area contributed by atoms with Gasteiger partial charge in [-0.3, -0.25) is 14.1 Å². The molecule has 7 aliphatic rings. The molecule has 10 rings (SSSR count). The lowest BCUT2D eigenvalue weighted by Crippen LogP contribution is -2.52. The maximum absolute atomic E-state index is 14.1. The van der Waals surface area contributed by atoms with Crippen LogP contribution in [0.3, 0.4) is 0 Å². The molecule has 3 aliphatic heterocycles. The average Bonchev–Trinajstić information content (AvgIpc) is 3.67. The van der Waals surface area contributed by atoms with Gasteiger partial charge >= 0.3 is 11.9 Å². The summed E-state index contributed by atoms with van der Waals surface area (Å²) in [7, 11) is -8.40. The van der Waals surface area contributed by atoms with E-state index in [-0.39, 0.29) is 22.5 Å². The van der Waals surface area contributed by atoms with E-state index in [4.69, 9.17) is 9.47 Å². The summed E-state index contributed by atoms with van der Waals surface area (Å²) in [6.45, 7) is 0.